The molecular formula is C30H23N3. The van der Waals surface area contributed by atoms with Crippen molar-refractivity contribution in [1.29, 1.82) is 0 Å². The van der Waals surface area contributed by atoms with Crippen LogP contribution in [0.2, 0.25) is 0 Å². The molecule has 0 bridgehead atoms. The second kappa shape index (κ2) is 7.72. The van der Waals surface area contributed by atoms with Gasteiger partial charge in [0.15, 0.2) is 0 Å². The molecule has 158 valence electrons. The van der Waals surface area contributed by atoms with Crippen LogP contribution in [-0.4, -0.2) is 9.97 Å². The van der Waals surface area contributed by atoms with Gasteiger partial charge in [-0.05, 0) is 49.7 Å². The standard InChI is InChI=1S/C30H23N3/c1-19-12-15-22(16-13-19)31-30-28-27(21-8-4-3-5-9-21)24-18-20(2)14-17-26(24)32-29(28)23-10-6-7-11-25(23)33-30/h3-18H,1-2H3,(H,31,33). The Balaban J connectivity index is 1.79. The number of nitrogens with zero attached hydrogens (tertiary/aromatic N) is 2. The summed E-state index contributed by atoms with van der Waals surface area (Å²) in [5.74, 6) is 0.822. The van der Waals surface area contributed by atoms with Crippen molar-refractivity contribution < 1.29 is 0 Å². The van der Waals surface area contributed by atoms with Gasteiger partial charge in [-0.15, -0.1) is 0 Å². The van der Waals surface area contributed by atoms with Crippen LogP contribution in [0.3, 0.4) is 0 Å². The third-order valence-electron chi connectivity index (χ3n) is 6.15. The number of rotatable bonds is 3. The van der Waals surface area contributed by atoms with E-state index in [0.717, 1.165) is 55.3 Å². The van der Waals surface area contributed by atoms with Crippen LogP contribution in [0.25, 0.3) is 43.8 Å². The second-order valence-electron chi connectivity index (χ2n) is 8.57. The molecule has 0 aliphatic rings. The Bertz CT molecular complexity index is 1640. The Hall–Kier alpha value is -4.24. The molecule has 0 saturated heterocycles. The molecule has 2 aromatic heterocycles. The van der Waals surface area contributed by atoms with Gasteiger partial charge in [-0.1, -0.05) is 77.9 Å². The number of aromatic nitrogens is 2. The number of nitrogens with one attached hydrogen (secondary N) is 1. The van der Waals surface area contributed by atoms with Crippen molar-refractivity contribution in [2.24, 2.45) is 0 Å². The van der Waals surface area contributed by atoms with Gasteiger partial charge in [0.1, 0.15) is 5.82 Å². The molecule has 1 N–H and O–H groups in total. The van der Waals surface area contributed by atoms with Crippen LogP contribution >= 0.6 is 0 Å². The molecule has 0 fully saturated rings. The van der Waals surface area contributed by atoms with Crippen LogP contribution in [0.1, 0.15) is 11.1 Å². The average molecular weight is 426 g/mol. The number of hydrogen-bond acceptors (Lipinski definition) is 3. The van der Waals surface area contributed by atoms with Gasteiger partial charge in [-0.2, -0.15) is 0 Å². The van der Waals surface area contributed by atoms with E-state index in [4.69, 9.17) is 9.97 Å². The minimum absolute atomic E-state index is 0.822. The predicted molar refractivity (Wildman–Crippen MR) is 139 cm³/mol. The Morgan fingerprint density at radius 2 is 1.30 bits per heavy atom. The summed E-state index contributed by atoms with van der Waals surface area (Å²) in [6.45, 7) is 4.22. The van der Waals surface area contributed by atoms with Crippen LogP contribution in [0.5, 0.6) is 0 Å². The first-order chi connectivity index (χ1) is 16.2. The Kier molecular flexibility index (Phi) is 4.55. The Labute approximate surface area is 192 Å². The topological polar surface area (TPSA) is 37.8 Å². The molecular weight excluding hydrogens is 402 g/mol. The van der Waals surface area contributed by atoms with E-state index in [1.807, 2.05) is 6.07 Å². The van der Waals surface area contributed by atoms with Crippen molar-refractivity contribution in [3.63, 3.8) is 0 Å². The van der Waals surface area contributed by atoms with Gasteiger partial charge in [-0.25, -0.2) is 9.97 Å². The summed E-state index contributed by atoms with van der Waals surface area (Å²) in [5.41, 5.74) is 8.64. The van der Waals surface area contributed by atoms with Crippen molar-refractivity contribution >= 4 is 44.2 Å². The molecule has 0 unspecified atom stereocenters. The minimum atomic E-state index is 0.822. The summed E-state index contributed by atoms with van der Waals surface area (Å²) >= 11 is 0. The van der Waals surface area contributed by atoms with E-state index in [2.05, 4.69) is 110 Å². The number of anilines is 2. The first-order valence-electron chi connectivity index (χ1n) is 11.2. The summed E-state index contributed by atoms with van der Waals surface area (Å²) in [6, 6.07) is 33.7. The van der Waals surface area contributed by atoms with Gasteiger partial charge in [-0.3, -0.25) is 0 Å². The molecule has 0 aliphatic carbocycles. The molecule has 0 radical (unpaired) electrons. The van der Waals surface area contributed by atoms with Crippen molar-refractivity contribution in [2.45, 2.75) is 13.8 Å². The molecule has 0 aliphatic heterocycles. The molecule has 2 heterocycles. The Morgan fingerprint density at radius 1 is 0.606 bits per heavy atom. The molecule has 0 atom stereocenters. The molecule has 3 nitrogen and oxygen atoms in total. The molecule has 6 aromatic rings. The van der Waals surface area contributed by atoms with Crippen LogP contribution < -0.4 is 5.32 Å². The van der Waals surface area contributed by atoms with E-state index < -0.39 is 0 Å². The zero-order valence-electron chi connectivity index (χ0n) is 18.6. The highest BCUT2D eigenvalue weighted by Crippen LogP contribution is 2.41. The third kappa shape index (κ3) is 3.39. The number of para-hydroxylation sites is 1. The van der Waals surface area contributed by atoms with Gasteiger partial charge in [0.05, 0.1) is 21.9 Å². The van der Waals surface area contributed by atoms with E-state index >= 15 is 0 Å². The number of fused-ring (bicyclic) bond motifs is 4. The highest BCUT2D eigenvalue weighted by atomic mass is 15.0. The van der Waals surface area contributed by atoms with Crippen molar-refractivity contribution in [1.82, 2.24) is 9.97 Å². The largest absolute Gasteiger partial charge is 0.340 e. The molecule has 6 rings (SSSR count). The van der Waals surface area contributed by atoms with Gasteiger partial charge in [0.25, 0.3) is 0 Å². The fourth-order valence-corrected chi connectivity index (χ4v) is 4.52. The quantitative estimate of drug-likeness (QED) is 0.231. The molecule has 0 saturated carbocycles. The predicted octanol–water partition coefficient (Wildman–Crippen LogP) is 7.96. The zero-order valence-corrected chi connectivity index (χ0v) is 18.6. The first-order valence-corrected chi connectivity index (χ1v) is 11.2. The molecule has 4 aromatic carbocycles. The van der Waals surface area contributed by atoms with E-state index in [1.165, 1.54) is 11.1 Å². The summed E-state index contributed by atoms with van der Waals surface area (Å²) in [6.07, 6.45) is 0. The van der Waals surface area contributed by atoms with Crippen molar-refractivity contribution in [3.05, 3.63) is 108 Å². The zero-order chi connectivity index (χ0) is 22.4. The fraction of sp³-hybridized carbons (Fsp3) is 0.0667. The number of benzene rings is 4. The van der Waals surface area contributed by atoms with Gasteiger partial charge in [0.2, 0.25) is 0 Å². The highest BCUT2D eigenvalue weighted by molar-refractivity contribution is 6.20. The van der Waals surface area contributed by atoms with Gasteiger partial charge in [0, 0.05) is 22.0 Å². The molecule has 33 heavy (non-hydrogen) atoms. The number of pyridine rings is 2. The van der Waals surface area contributed by atoms with Crippen LogP contribution in [-0.2, 0) is 0 Å². The van der Waals surface area contributed by atoms with Gasteiger partial charge >= 0.3 is 0 Å². The lowest BCUT2D eigenvalue weighted by atomic mass is 9.94. The maximum absolute atomic E-state index is 5.17. The normalized spacial score (nSPS) is 11.3. The lowest BCUT2D eigenvalue weighted by Crippen LogP contribution is -2.00. The van der Waals surface area contributed by atoms with Crippen LogP contribution in [0.4, 0.5) is 11.5 Å². The molecule has 3 heteroatoms. The average Bonchev–Trinajstić information content (AvgIpc) is 2.85. The van der Waals surface area contributed by atoms with Gasteiger partial charge < -0.3 is 5.32 Å². The first kappa shape index (κ1) is 19.4. The van der Waals surface area contributed by atoms with Crippen LogP contribution in [0, 0.1) is 13.8 Å². The third-order valence-corrected chi connectivity index (χ3v) is 6.15. The van der Waals surface area contributed by atoms with E-state index in [9.17, 15) is 0 Å². The molecule has 0 amide bonds. The highest BCUT2D eigenvalue weighted by Gasteiger charge is 2.18. The SMILES string of the molecule is Cc1ccc(Nc2nc3ccccc3c3nc4ccc(C)cc4c(-c4ccccc4)c23)cc1. The van der Waals surface area contributed by atoms with Crippen molar-refractivity contribution in [2.75, 3.05) is 5.32 Å². The number of hydrogen-bond donors (Lipinski definition) is 1. The summed E-state index contributed by atoms with van der Waals surface area (Å²) in [7, 11) is 0. The maximum Gasteiger partial charge on any atom is 0.141 e. The maximum atomic E-state index is 5.17. The van der Waals surface area contributed by atoms with E-state index in [-0.39, 0.29) is 0 Å². The number of aryl methyl sites for hydroxylation is 2. The smallest absolute Gasteiger partial charge is 0.141 e. The van der Waals surface area contributed by atoms with E-state index in [0.29, 0.717) is 0 Å². The Morgan fingerprint density at radius 3 is 2.12 bits per heavy atom. The summed E-state index contributed by atoms with van der Waals surface area (Å²) in [4.78, 5) is 10.3. The summed E-state index contributed by atoms with van der Waals surface area (Å²) in [5, 5.41) is 6.84. The van der Waals surface area contributed by atoms with Crippen molar-refractivity contribution in [3.8, 4) is 11.1 Å². The van der Waals surface area contributed by atoms with Crippen LogP contribution in [0.15, 0.2) is 97.1 Å². The molecule has 0 spiro atoms. The lowest BCUT2D eigenvalue weighted by Gasteiger charge is -2.17. The lowest BCUT2D eigenvalue weighted by molar-refractivity contribution is 1.37. The fourth-order valence-electron chi connectivity index (χ4n) is 4.52. The summed E-state index contributed by atoms with van der Waals surface area (Å²) < 4.78 is 0. The second-order valence-corrected chi connectivity index (χ2v) is 8.57. The minimum Gasteiger partial charge on any atom is -0.340 e. The van der Waals surface area contributed by atoms with E-state index in [1.54, 1.807) is 0 Å². The monoisotopic (exact) mass is 425 g/mol.